The Morgan fingerprint density at radius 2 is 1.95 bits per heavy atom. The maximum Gasteiger partial charge on any atom is 0.237 e. The number of hydrogen-bond acceptors (Lipinski definition) is 2. The standard InChI is InChI=1S/C18H18BrNOS/c1-13-10-14-6-3-5-9-17(14)20(13)18(21)12-22-11-15-7-2-4-8-16(15)19/h2-9,13H,10-12H2,1H3. The van der Waals surface area contributed by atoms with Crippen molar-refractivity contribution in [3.8, 4) is 0 Å². The molecule has 0 saturated heterocycles. The average molecular weight is 376 g/mol. The molecule has 1 aliphatic rings. The van der Waals surface area contributed by atoms with Crippen LogP contribution in [0.3, 0.4) is 0 Å². The third-order valence-corrected chi connectivity index (χ3v) is 5.66. The Hall–Kier alpha value is -1.26. The molecule has 1 unspecified atom stereocenters. The summed E-state index contributed by atoms with van der Waals surface area (Å²) in [5, 5.41) is 0. The van der Waals surface area contributed by atoms with Crippen LogP contribution in [0.1, 0.15) is 18.1 Å². The zero-order chi connectivity index (χ0) is 15.5. The van der Waals surface area contributed by atoms with Gasteiger partial charge in [-0.15, -0.1) is 11.8 Å². The second kappa shape index (κ2) is 6.88. The predicted octanol–water partition coefficient (Wildman–Crippen LogP) is 4.66. The zero-order valence-corrected chi connectivity index (χ0v) is 14.9. The first-order chi connectivity index (χ1) is 10.7. The van der Waals surface area contributed by atoms with Gasteiger partial charge in [0.15, 0.2) is 0 Å². The summed E-state index contributed by atoms with van der Waals surface area (Å²) in [5.41, 5.74) is 3.59. The van der Waals surface area contributed by atoms with Gasteiger partial charge in [0.1, 0.15) is 0 Å². The van der Waals surface area contributed by atoms with Gasteiger partial charge in [-0.25, -0.2) is 0 Å². The molecule has 3 rings (SSSR count). The molecule has 114 valence electrons. The average Bonchev–Trinajstić information content (AvgIpc) is 2.85. The monoisotopic (exact) mass is 375 g/mol. The molecule has 0 spiro atoms. The number of benzene rings is 2. The molecule has 0 aliphatic carbocycles. The van der Waals surface area contributed by atoms with Crippen molar-refractivity contribution in [3.63, 3.8) is 0 Å². The molecule has 1 amide bonds. The van der Waals surface area contributed by atoms with E-state index in [0.29, 0.717) is 5.75 Å². The van der Waals surface area contributed by atoms with Crippen LogP contribution in [0.5, 0.6) is 0 Å². The number of rotatable bonds is 4. The summed E-state index contributed by atoms with van der Waals surface area (Å²) < 4.78 is 1.11. The highest BCUT2D eigenvalue weighted by atomic mass is 79.9. The van der Waals surface area contributed by atoms with Crippen LogP contribution in [0.2, 0.25) is 0 Å². The lowest BCUT2D eigenvalue weighted by Crippen LogP contribution is -2.37. The SMILES string of the molecule is CC1Cc2ccccc2N1C(=O)CSCc1ccccc1Br. The predicted molar refractivity (Wildman–Crippen MR) is 97.4 cm³/mol. The highest BCUT2D eigenvalue weighted by molar-refractivity contribution is 9.10. The summed E-state index contributed by atoms with van der Waals surface area (Å²) in [5.74, 6) is 1.56. The van der Waals surface area contributed by atoms with E-state index in [9.17, 15) is 4.79 Å². The van der Waals surface area contributed by atoms with Crippen molar-refractivity contribution in [3.05, 3.63) is 64.1 Å². The summed E-state index contributed by atoms with van der Waals surface area (Å²) in [4.78, 5) is 14.5. The smallest absolute Gasteiger partial charge is 0.237 e. The van der Waals surface area contributed by atoms with Crippen LogP contribution in [0.4, 0.5) is 5.69 Å². The van der Waals surface area contributed by atoms with Gasteiger partial charge in [-0.3, -0.25) is 4.79 Å². The van der Waals surface area contributed by atoms with Crippen molar-refractivity contribution in [1.82, 2.24) is 0 Å². The highest BCUT2D eigenvalue weighted by Gasteiger charge is 2.30. The lowest BCUT2D eigenvalue weighted by Gasteiger charge is -2.22. The van der Waals surface area contributed by atoms with Crippen molar-refractivity contribution in [2.24, 2.45) is 0 Å². The van der Waals surface area contributed by atoms with Crippen LogP contribution in [0.15, 0.2) is 53.0 Å². The number of hydrogen-bond donors (Lipinski definition) is 0. The molecule has 1 aliphatic heterocycles. The van der Waals surface area contributed by atoms with Crippen molar-refractivity contribution in [2.45, 2.75) is 25.1 Å². The number of amides is 1. The number of nitrogens with zero attached hydrogens (tertiary/aromatic N) is 1. The number of thioether (sulfide) groups is 1. The molecule has 1 atom stereocenters. The van der Waals surface area contributed by atoms with Crippen LogP contribution in [-0.4, -0.2) is 17.7 Å². The molecule has 0 saturated carbocycles. The van der Waals surface area contributed by atoms with E-state index in [1.54, 1.807) is 11.8 Å². The second-order valence-electron chi connectivity index (χ2n) is 5.53. The van der Waals surface area contributed by atoms with Crippen molar-refractivity contribution in [1.29, 1.82) is 0 Å². The van der Waals surface area contributed by atoms with Gasteiger partial charge >= 0.3 is 0 Å². The zero-order valence-electron chi connectivity index (χ0n) is 12.5. The maximum atomic E-state index is 12.6. The topological polar surface area (TPSA) is 20.3 Å². The minimum absolute atomic E-state index is 0.203. The molecule has 4 heteroatoms. The van der Waals surface area contributed by atoms with E-state index in [1.165, 1.54) is 11.1 Å². The minimum Gasteiger partial charge on any atom is -0.308 e. The molecular weight excluding hydrogens is 358 g/mol. The number of fused-ring (bicyclic) bond motifs is 1. The van der Waals surface area contributed by atoms with Gasteiger partial charge in [-0.1, -0.05) is 52.3 Å². The van der Waals surface area contributed by atoms with Crippen molar-refractivity contribution < 1.29 is 4.79 Å². The van der Waals surface area contributed by atoms with E-state index in [1.807, 2.05) is 35.2 Å². The molecule has 0 bridgehead atoms. The van der Waals surface area contributed by atoms with Gasteiger partial charge < -0.3 is 4.90 Å². The first-order valence-corrected chi connectivity index (χ1v) is 9.32. The van der Waals surface area contributed by atoms with Gasteiger partial charge in [0.2, 0.25) is 5.91 Å². The van der Waals surface area contributed by atoms with E-state index in [0.717, 1.165) is 22.3 Å². The first-order valence-electron chi connectivity index (χ1n) is 7.38. The van der Waals surface area contributed by atoms with Crippen LogP contribution in [-0.2, 0) is 17.0 Å². The maximum absolute atomic E-state index is 12.6. The molecule has 2 aromatic rings. The summed E-state index contributed by atoms with van der Waals surface area (Å²) in [6.07, 6.45) is 0.955. The molecule has 0 aromatic heterocycles. The van der Waals surface area contributed by atoms with E-state index in [2.05, 4.69) is 41.1 Å². The molecule has 0 radical (unpaired) electrons. The number of para-hydroxylation sites is 1. The van der Waals surface area contributed by atoms with E-state index in [-0.39, 0.29) is 11.9 Å². The Kier molecular flexibility index (Phi) is 4.89. The molecule has 22 heavy (non-hydrogen) atoms. The summed E-state index contributed by atoms with van der Waals surface area (Å²) in [7, 11) is 0. The molecule has 0 fully saturated rings. The van der Waals surface area contributed by atoms with Crippen molar-refractivity contribution in [2.75, 3.05) is 10.7 Å². The van der Waals surface area contributed by atoms with E-state index < -0.39 is 0 Å². The largest absolute Gasteiger partial charge is 0.308 e. The molecule has 0 N–H and O–H groups in total. The Bertz CT molecular complexity index is 688. The quantitative estimate of drug-likeness (QED) is 0.774. The summed E-state index contributed by atoms with van der Waals surface area (Å²) in [6.45, 7) is 2.12. The van der Waals surface area contributed by atoms with Crippen molar-refractivity contribution >= 4 is 39.3 Å². The van der Waals surface area contributed by atoms with Gasteiger partial charge in [0.25, 0.3) is 0 Å². The van der Waals surface area contributed by atoms with Gasteiger partial charge in [0.05, 0.1) is 5.75 Å². The summed E-state index contributed by atoms with van der Waals surface area (Å²) in [6, 6.07) is 16.6. The minimum atomic E-state index is 0.203. The molecule has 2 nitrogen and oxygen atoms in total. The fraction of sp³-hybridized carbons (Fsp3) is 0.278. The molecular formula is C18H18BrNOS. The van der Waals surface area contributed by atoms with Crippen LogP contribution >= 0.6 is 27.7 Å². The lowest BCUT2D eigenvalue weighted by atomic mass is 10.1. The van der Waals surface area contributed by atoms with Crippen LogP contribution < -0.4 is 4.90 Å². The fourth-order valence-corrected chi connectivity index (χ4v) is 4.38. The second-order valence-corrected chi connectivity index (χ2v) is 7.37. The first kappa shape index (κ1) is 15.6. The number of anilines is 1. The Morgan fingerprint density at radius 3 is 2.77 bits per heavy atom. The fourth-order valence-electron chi connectivity index (χ4n) is 2.88. The molecule has 1 heterocycles. The van der Waals surface area contributed by atoms with Gasteiger partial charge in [-0.2, -0.15) is 0 Å². The van der Waals surface area contributed by atoms with Gasteiger partial charge in [0, 0.05) is 22.0 Å². The number of carbonyl (C=O) groups excluding carboxylic acids is 1. The third-order valence-electron chi connectivity index (χ3n) is 3.92. The Morgan fingerprint density at radius 1 is 1.23 bits per heavy atom. The normalized spacial score (nSPS) is 16.6. The molecule has 2 aromatic carbocycles. The van der Waals surface area contributed by atoms with Gasteiger partial charge in [-0.05, 0) is 36.6 Å². The lowest BCUT2D eigenvalue weighted by molar-refractivity contribution is -0.116. The number of carbonyl (C=O) groups is 1. The van der Waals surface area contributed by atoms with E-state index in [4.69, 9.17) is 0 Å². The Labute approximate surface area is 144 Å². The van der Waals surface area contributed by atoms with E-state index >= 15 is 0 Å². The Balaban J connectivity index is 1.62. The third kappa shape index (κ3) is 3.23. The van der Waals surface area contributed by atoms with Crippen LogP contribution in [0.25, 0.3) is 0 Å². The summed E-state index contributed by atoms with van der Waals surface area (Å²) >= 11 is 5.22. The van der Waals surface area contributed by atoms with Crippen LogP contribution in [0, 0.1) is 0 Å². The number of halogens is 1. The highest BCUT2D eigenvalue weighted by Crippen LogP contribution is 2.32.